The minimum Gasteiger partial charge on any atom is -0.352 e. The minimum absolute atomic E-state index is 0.167. The average Bonchev–Trinajstić information content (AvgIpc) is 3.13. The SMILES string of the molecule is CN(C)C1CCCC(NC(=O)CNCC2CC2)C1. The van der Waals surface area contributed by atoms with E-state index in [1.165, 1.54) is 25.7 Å². The van der Waals surface area contributed by atoms with Gasteiger partial charge in [-0.25, -0.2) is 0 Å². The maximum Gasteiger partial charge on any atom is 0.234 e. The molecule has 0 aliphatic heterocycles. The van der Waals surface area contributed by atoms with Crippen LogP contribution in [-0.2, 0) is 4.79 Å². The second-order valence-corrected chi connectivity index (χ2v) is 6.12. The summed E-state index contributed by atoms with van der Waals surface area (Å²) in [6, 6.07) is 1.00. The Morgan fingerprint density at radius 1 is 1.22 bits per heavy atom. The van der Waals surface area contributed by atoms with E-state index in [0.717, 1.165) is 25.3 Å². The van der Waals surface area contributed by atoms with Crippen molar-refractivity contribution in [2.75, 3.05) is 27.2 Å². The molecule has 2 aliphatic carbocycles. The summed E-state index contributed by atoms with van der Waals surface area (Å²) in [5, 5.41) is 6.42. The molecule has 2 fully saturated rings. The smallest absolute Gasteiger partial charge is 0.234 e. The lowest BCUT2D eigenvalue weighted by molar-refractivity contribution is -0.121. The lowest BCUT2D eigenvalue weighted by Crippen LogP contribution is -2.46. The van der Waals surface area contributed by atoms with Gasteiger partial charge >= 0.3 is 0 Å². The molecule has 2 aliphatic rings. The van der Waals surface area contributed by atoms with Gasteiger partial charge in [0.25, 0.3) is 0 Å². The van der Waals surface area contributed by atoms with Gasteiger partial charge in [-0.2, -0.15) is 0 Å². The van der Waals surface area contributed by atoms with Crippen LogP contribution >= 0.6 is 0 Å². The van der Waals surface area contributed by atoms with E-state index in [1.807, 2.05) is 0 Å². The van der Waals surface area contributed by atoms with E-state index in [0.29, 0.717) is 18.6 Å². The molecule has 0 radical (unpaired) electrons. The molecule has 2 N–H and O–H groups in total. The number of rotatable bonds is 6. The summed E-state index contributed by atoms with van der Waals surface area (Å²) in [5.74, 6) is 1.01. The Morgan fingerprint density at radius 2 is 2.00 bits per heavy atom. The molecule has 2 atom stereocenters. The van der Waals surface area contributed by atoms with Crippen molar-refractivity contribution in [3.8, 4) is 0 Å². The Morgan fingerprint density at radius 3 is 2.67 bits per heavy atom. The van der Waals surface area contributed by atoms with Crippen LogP contribution in [0.2, 0.25) is 0 Å². The van der Waals surface area contributed by atoms with Crippen LogP contribution in [0.1, 0.15) is 38.5 Å². The molecule has 18 heavy (non-hydrogen) atoms. The van der Waals surface area contributed by atoms with Crippen molar-refractivity contribution < 1.29 is 4.79 Å². The van der Waals surface area contributed by atoms with E-state index in [9.17, 15) is 4.79 Å². The molecule has 4 nitrogen and oxygen atoms in total. The lowest BCUT2D eigenvalue weighted by atomic mass is 9.90. The van der Waals surface area contributed by atoms with Gasteiger partial charge in [-0.1, -0.05) is 0 Å². The monoisotopic (exact) mass is 253 g/mol. The van der Waals surface area contributed by atoms with Crippen molar-refractivity contribution in [2.24, 2.45) is 5.92 Å². The average molecular weight is 253 g/mol. The van der Waals surface area contributed by atoms with Crippen molar-refractivity contribution in [2.45, 2.75) is 50.6 Å². The van der Waals surface area contributed by atoms with Crippen molar-refractivity contribution in [1.82, 2.24) is 15.5 Å². The maximum atomic E-state index is 11.8. The van der Waals surface area contributed by atoms with Crippen molar-refractivity contribution >= 4 is 5.91 Å². The molecule has 2 rings (SSSR count). The molecule has 0 aromatic carbocycles. The molecular formula is C14H27N3O. The van der Waals surface area contributed by atoms with Gasteiger partial charge in [0, 0.05) is 12.1 Å². The van der Waals surface area contributed by atoms with E-state index in [-0.39, 0.29) is 5.91 Å². The van der Waals surface area contributed by atoms with Crippen LogP contribution in [0.5, 0.6) is 0 Å². The second kappa shape index (κ2) is 6.53. The number of carbonyl (C=O) groups is 1. The lowest BCUT2D eigenvalue weighted by Gasteiger charge is -2.33. The highest BCUT2D eigenvalue weighted by Gasteiger charge is 2.24. The molecule has 104 valence electrons. The molecule has 2 unspecified atom stereocenters. The van der Waals surface area contributed by atoms with E-state index in [4.69, 9.17) is 0 Å². The zero-order valence-electron chi connectivity index (χ0n) is 11.7. The molecule has 0 spiro atoms. The number of nitrogens with one attached hydrogen (secondary N) is 2. The molecule has 0 heterocycles. The third-order valence-electron chi connectivity index (χ3n) is 4.16. The predicted molar refractivity (Wildman–Crippen MR) is 73.5 cm³/mol. The zero-order valence-corrected chi connectivity index (χ0v) is 11.7. The van der Waals surface area contributed by atoms with Crippen LogP contribution in [-0.4, -0.2) is 50.1 Å². The van der Waals surface area contributed by atoms with Crippen LogP contribution in [0.3, 0.4) is 0 Å². The highest BCUT2D eigenvalue weighted by Crippen LogP contribution is 2.27. The normalized spacial score (nSPS) is 28.4. The Bertz CT molecular complexity index is 276. The summed E-state index contributed by atoms with van der Waals surface area (Å²) in [4.78, 5) is 14.1. The predicted octanol–water partition coefficient (Wildman–Crippen LogP) is 0.975. The van der Waals surface area contributed by atoms with Gasteiger partial charge in [-0.05, 0) is 65.1 Å². The van der Waals surface area contributed by atoms with E-state index in [1.54, 1.807) is 0 Å². The number of carbonyl (C=O) groups excluding carboxylic acids is 1. The van der Waals surface area contributed by atoms with Gasteiger partial charge in [0.05, 0.1) is 6.54 Å². The first-order valence-corrected chi connectivity index (χ1v) is 7.31. The highest BCUT2D eigenvalue weighted by molar-refractivity contribution is 5.78. The maximum absolute atomic E-state index is 11.8. The first-order chi connectivity index (χ1) is 8.65. The quantitative estimate of drug-likeness (QED) is 0.741. The summed E-state index contributed by atoms with van der Waals surface area (Å²) in [6.07, 6.45) is 7.40. The molecule has 0 bridgehead atoms. The van der Waals surface area contributed by atoms with Crippen LogP contribution in [0.15, 0.2) is 0 Å². The largest absolute Gasteiger partial charge is 0.352 e. The first-order valence-electron chi connectivity index (χ1n) is 7.31. The number of nitrogens with zero attached hydrogens (tertiary/aromatic N) is 1. The molecule has 0 aromatic rings. The Labute approximate surface area is 110 Å². The van der Waals surface area contributed by atoms with Gasteiger partial charge in [0.15, 0.2) is 0 Å². The fourth-order valence-corrected chi connectivity index (χ4v) is 2.75. The third-order valence-corrected chi connectivity index (χ3v) is 4.16. The number of hydrogen-bond donors (Lipinski definition) is 2. The van der Waals surface area contributed by atoms with E-state index < -0.39 is 0 Å². The van der Waals surface area contributed by atoms with Gasteiger partial charge < -0.3 is 15.5 Å². The molecule has 1 amide bonds. The standard InChI is InChI=1S/C14H27N3O/c1-17(2)13-5-3-4-12(8-13)16-14(18)10-15-9-11-6-7-11/h11-13,15H,3-10H2,1-2H3,(H,16,18). The van der Waals surface area contributed by atoms with E-state index in [2.05, 4.69) is 29.6 Å². The topological polar surface area (TPSA) is 44.4 Å². The first kappa shape index (κ1) is 13.8. The summed E-state index contributed by atoms with van der Waals surface area (Å²) in [7, 11) is 4.26. The Kier molecular flexibility index (Phi) is 5.01. The van der Waals surface area contributed by atoms with Gasteiger partial charge in [0.2, 0.25) is 5.91 Å². The molecule has 4 heteroatoms. The summed E-state index contributed by atoms with van der Waals surface area (Å²) in [6.45, 7) is 1.50. The third kappa shape index (κ3) is 4.58. The number of amides is 1. The van der Waals surface area contributed by atoms with Gasteiger partial charge in [0.1, 0.15) is 0 Å². The minimum atomic E-state index is 0.167. The zero-order chi connectivity index (χ0) is 13.0. The summed E-state index contributed by atoms with van der Waals surface area (Å²) < 4.78 is 0. The fraction of sp³-hybridized carbons (Fsp3) is 0.929. The fourth-order valence-electron chi connectivity index (χ4n) is 2.75. The van der Waals surface area contributed by atoms with Crippen molar-refractivity contribution in [3.05, 3.63) is 0 Å². The second-order valence-electron chi connectivity index (χ2n) is 6.12. The molecule has 0 saturated heterocycles. The van der Waals surface area contributed by atoms with Crippen molar-refractivity contribution in [3.63, 3.8) is 0 Å². The Hall–Kier alpha value is -0.610. The Balaban J connectivity index is 1.62. The molecule has 0 aromatic heterocycles. The highest BCUT2D eigenvalue weighted by atomic mass is 16.1. The molecular weight excluding hydrogens is 226 g/mol. The van der Waals surface area contributed by atoms with Gasteiger partial charge in [-0.15, -0.1) is 0 Å². The van der Waals surface area contributed by atoms with Gasteiger partial charge in [-0.3, -0.25) is 4.79 Å². The summed E-state index contributed by atoms with van der Waals surface area (Å²) >= 11 is 0. The van der Waals surface area contributed by atoms with Crippen LogP contribution < -0.4 is 10.6 Å². The van der Waals surface area contributed by atoms with Crippen molar-refractivity contribution in [1.29, 1.82) is 0 Å². The van der Waals surface area contributed by atoms with E-state index >= 15 is 0 Å². The van der Waals surface area contributed by atoms with Crippen LogP contribution in [0.4, 0.5) is 0 Å². The summed E-state index contributed by atoms with van der Waals surface area (Å²) in [5.41, 5.74) is 0. The number of hydrogen-bond acceptors (Lipinski definition) is 3. The molecule has 2 saturated carbocycles. The van der Waals surface area contributed by atoms with Crippen LogP contribution in [0, 0.1) is 5.92 Å². The van der Waals surface area contributed by atoms with Crippen LogP contribution in [0.25, 0.3) is 0 Å².